The zero-order chi connectivity index (χ0) is 14.8. The number of ether oxygens (including phenoxy) is 1. The third-order valence-electron chi connectivity index (χ3n) is 3.27. The molecule has 1 amide bonds. The van der Waals surface area contributed by atoms with Crippen LogP contribution in [-0.2, 0) is 9.53 Å². The number of amides is 1. The van der Waals surface area contributed by atoms with E-state index in [-0.39, 0.29) is 17.8 Å². The van der Waals surface area contributed by atoms with Crippen molar-refractivity contribution in [1.82, 2.24) is 4.90 Å². The highest BCUT2D eigenvalue weighted by atomic mass is 16.6. The van der Waals surface area contributed by atoms with E-state index < -0.39 is 5.60 Å². The van der Waals surface area contributed by atoms with Crippen molar-refractivity contribution >= 4 is 11.9 Å². The van der Waals surface area contributed by atoms with Crippen LogP contribution in [0.5, 0.6) is 0 Å². The van der Waals surface area contributed by atoms with Gasteiger partial charge < -0.3 is 9.64 Å². The molecule has 2 rings (SSSR count). The Bertz CT molecular complexity index is 490. The Balaban J connectivity index is 2.09. The molecular formula is C16H21NO3. The van der Waals surface area contributed by atoms with E-state index in [1.165, 1.54) is 0 Å². The summed E-state index contributed by atoms with van der Waals surface area (Å²) in [5.74, 6) is -0.0477. The predicted octanol–water partition coefficient (Wildman–Crippen LogP) is 2.98. The number of Topliss-reactive ketones (excluding diaryl/α,β-unsaturated/α-hetero) is 1. The second-order valence-corrected chi connectivity index (χ2v) is 6.11. The van der Waals surface area contributed by atoms with Crippen molar-refractivity contribution < 1.29 is 14.3 Å². The molecule has 1 aliphatic heterocycles. The smallest absolute Gasteiger partial charge is 0.410 e. The Kier molecular flexibility index (Phi) is 4.12. The first-order valence-electron chi connectivity index (χ1n) is 6.92. The summed E-state index contributed by atoms with van der Waals surface area (Å²) in [6.45, 7) is 6.37. The standard InChI is InChI=1S/C16H21NO3/c1-16(2,3)20-15(19)17-10-9-14(18)13(11-17)12-7-5-4-6-8-12/h4-8,13H,9-11H2,1-3H3. The third-order valence-corrected chi connectivity index (χ3v) is 3.27. The molecule has 20 heavy (non-hydrogen) atoms. The first kappa shape index (κ1) is 14.6. The Morgan fingerprint density at radius 1 is 1.25 bits per heavy atom. The SMILES string of the molecule is CC(C)(C)OC(=O)N1CCC(=O)C(c2ccccc2)C1. The van der Waals surface area contributed by atoms with E-state index >= 15 is 0 Å². The summed E-state index contributed by atoms with van der Waals surface area (Å²) in [7, 11) is 0. The second kappa shape index (κ2) is 5.65. The molecule has 0 radical (unpaired) electrons. The van der Waals surface area contributed by atoms with Gasteiger partial charge in [0.1, 0.15) is 11.4 Å². The molecule has 1 saturated heterocycles. The first-order valence-corrected chi connectivity index (χ1v) is 6.92. The fourth-order valence-corrected chi connectivity index (χ4v) is 2.30. The van der Waals surface area contributed by atoms with E-state index in [2.05, 4.69) is 0 Å². The summed E-state index contributed by atoms with van der Waals surface area (Å²) >= 11 is 0. The largest absolute Gasteiger partial charge is 0.444 e. The van der Waals surface area contributed by atoms with Crippen LogP contribution in [0.25, 0.3) is 0 Å². The van der Waals surface area contributed by atoms with Gasteiger partial charge in [-0.05, 0) is 26.3 Å². The quantitative estimate of drug-likeness (QED) is 0.791. The van der Waals surface area contributed by atoms with Crippen molar-refractivity contribution in [3.8, 4) is 0 Å². The van der Waals surface area contributed by atoms with Gasteiger partial charge in [0.25, 0.3) is 0 Å². The van der Waals surface area contributed by atoms with Crippen LogP contribution in [-0.4, -0.2) is 35.5 Å². The molecule has 0 bridgehead atoms. The van der Waals surface area contributed by atoms with Gasteiger partial charge in [0, 0.05) is 19.5 Å². The Morgan fingerprint density at radius 3 is 2.50 bits per heavy atom. The van der Waals surface area contributed by atoms with E-state index in [0.717, 1.165) is 5.56 Å². The Morgan fingerprint density at radius 2 is 1.90 bits per heavy atom. The average molecular weight is 275 g/mol. The van der Waals surface area contributed by atoms with Gasteiger partial charge in [0.05, 0.1) is 5.92 Å². The molecule has 1 atom stereocenters. The van der Waals surface area contributed by atoms with Gasteiger partial charge in [-0.1, -0.05) is 30.3 Å². The van der Waals surface area contributed by atoms with Gasteiger partial charge in [-0.3, -0.25) is 4.79 Å². The molecule has 0 aliphatic carbocycles. The summed E-state index contributed by atoms with van der Waals surface area (Å²) in [6, 6.07) is 9.61. The highest BCUT2D eigenvalue weighted by molar-refractivity contribution is 5.88. The minimum atomic E-state index is -0.513. The number of carbonyl (C=O) groups is 2. The lowest BCUT2D eigenvalue weighted by Crippen LogP contribution is -2.45. The van der Waals surface area contributed by atoms with Crippen molar-refractivity contribution in [2.45, 2.75) is 38.7 Å². The van der Waals surface area contributed by atoms with Crippen molar-refractivity contribution in [3.63, 3.8) is 0 Å². The maximum atomic E-state index is 12.1. The Hall–Kier alpha value is -1.84. The molecule has 1 aromatic rings. The van der Waals surface area contributed by atoms with E-state index in [1.54, 1.807) is 4.90 Å². The van der Waals surface area contributed by atoms with Crippen LogP contribution in [0.4, 0.5) is 4.79 Å². The average Bonchev–Trinajstić information content (AvgIpc) is 2.38. The molecule has 4 heteroatoms. The van der Waals surface area contributed by atoms with Crippen LogP contribution in [0.15, 0.2) is 30.3 Å². The van der Waals surface area contributed by atoms with Crippen LogP contribution in [0.1, 0.15) is 38.7 Å². The maximum absolute atomic E-state index is 12.1. The molecule has 0 saturated carbocycles. The number of likely N-dealkylation sites (tertiary alicyclic amines) is 1. The van der Waals surface area contributed by atoms with Gasteiger partial charge in [-0.15, -0.1) is 0 Å². The first-order chi connectivity index (χ1) is 9.37. The topological polar surface area (TPSA) is 46.6 Å². The number of rotatable bonds is 1. The number of carbonyl (C=O) groups excluding carboxylic acids is 2. The van der Waals surface area contributed by atoms with E-state index in [4.69, 9.17) is 4.74 Å². The minimum Gasteiger partial charge on any atom is -0.444 e. The van der Waals surface area contributed by atoms with E-state index in [9.17, 15) is 9.59 Å². The summed E-state index contributed by atoms with van der Waals surface area (Å²) in [5.41, 5.74) is 0.451. The number of benzene rings is 1. The molecule has 4 nitrogen and oxygen atoms in total. The summed E-state index contributed by atoms with van der Waals surface area (Å²) < 4.78 is 5.37. The van der Waals surface area contributed by atoms with Crippen molar-refractivity contribution in [2.24, 2.45) is 0 Å². The van der Waals surface area contributed by atoms with Gasteiger partial charge in [-0.2, -0.15) is 0 Å². The highest BCUT2D eigenvalue weighted by Crippen LogP contribution is 2.25. The maximum Gasteiger partial charge on any atom is 0.410 e. The van der Waals surface area contributed by atoms with E-state index in [1.807, 2.05) is 51.1 Å². The molecular weight excluding hydrogens is 254 g/mol. The van der Waals surface area contributed by atoms with Crippen LogP contribution in [0.2, 0.25) is 0 Å². The van der Waals surface area contributed by atoms with Gasteiger partial charge in [-0.25, -0.2) is 4.79 Å². The van der Waals surface area contributed by atoms with Gasteiger partial charge >= 0.3 is 6.09 Å². The molecule has 0 aromatic heterocycles. The van der Waals surface area contributed by atoms with Crippen LogP contribution in [0.3, 0.4) is 0 Å². The van der Waals surface area contributed by atoms with Crippen molar-refractivity contribution in [3.05, 3.63) is 35.9 Å². The zero-order valence-corrected chi connectivity index (χ0v) is 12.3. The Labute approximate surface area is 119 Å². The lowest BCUT2D eigenvalue weighted by molar-refractivity contribution is -0.123. The monoisotopic (exact) mass is 275 g/mol. The highest BCUT2D eigenvalue weighted by Gasteiger charge is 2.32. The fraction of sp³-hybridized carbons (Fsp3) is 0.500. The molecule has 1 heterocycles. The normalized spacial score (nSPS) is 19.9. The van der Waals surface area contributed by atoms with E-state index in [0.29, 0.717) is 19.5 Å². The molecule has 108 valence electrons. The van der Waals surface area contributed by atoms with Gasteiger partial charge in [0.2, 0.25) is 0 Å². The zero-order valence-electron chi connectivity index (χ0n) is 12.3. The molecule has 1 aliphatic rings. The number of ketones is 1. The molecule has 0 spiro atoms. The van der Waals surface area contributed by atoms with Crippen molar-refractivity contribution in [2.75, 3.05) is 13.1 Å². The van der Waals surface area contributed by atoms with Crippen LogP contribution < -0.4 is 0 Å². The second-order valence-electron chi connectivity index (χ2n) is 6.11. The minimum absolute atomic E-state index is 0.191. The molecule has 1 unspecified atom stereocenters. The number of nitrogens with zero attached hydrogens (tertiary/aromatic N) is 1. The summed E-state index contributed by atoms with van der Waals surface area (Å²) in [4.78, 5) is 25.8. The van der Waals surface area contributed by atoms with Crippen LogP contribution in [0, 0.1) is 0 Å². The lowest BCUT2D eigenvalue weighted by atomic mass is 9.89. The lowest BCUT2D eigenvalue weighted by Gasteiger charge is -2.33. The predicted molar refractivity (Wildman–Crippen MR) is 76.6 cm³/mol. The fourth-order valence-electron chi connectivity index (χ4n) is 2.30. The number of hydrogen-bond donors (Lipinski definition) is 0. The molecule has 1 fully saturated rings. The number of piperidine rings is 1. The summed E-state index contributed by atoms with van der Waals surface area (Å²) in [5, 5.41) is 0. The van der Waals surface area contributed by atoms with Crippen LogP contribution >= 0.6 is 0 Å². The third kappa shape index (κ3) is 3.59. The summed E-state index contributed by atoms with van der Waals surface area (Å²) in [6.07, 6.45) is 0.0460. The van der Waals surface area contributed by atoms with Crippen molar-refractivity contribution in [1.29, 1.82) is 0 Å². The van der Waals surface area contributed by atoms with Gasteiger partial charge in [0.15, 0.2) is 0 Å². The molecule has 1 aromatic carbocycles. The molecule has 0 N–H and O–H groups in total. The number of hydrogen-bond acceptors (Lipinski definition) is 3.